The zero-order valence-electron chi connectivity index (χ0n) is 21.6. The van der Waals surface area contributed by atoms with Gasteiger partial charge < -0.3 is 9.30 Å². The maximum atomic E-state index is 4.72. The van der Waals surface area contributed by atoms with Crippen LogP contribution in [-0.4, -0.2) is 68.2 Å². The molecule has 1 saturated heterocycles. The van der Waals surface area contributed by atoms with Crippen LogP contribution in [0.25, 0.3) is 38.9 Å². The third-order valence-corrected chi connectivity index (χ3v) is 7.74. The van der Waals surface area contributed by atoms with E-state index in [1.165, 1.54) is 0 Å². The van der Waals surface area contributed by atoms with E-state index >= 15 is 0 Å². The van der Waals surface area contributed by atoms with Gasteiger partial charge in [-0.15, -0.1) is 0 Å². The first-order chi connectivity index (χ1) is 18.6. The second-order valence-electron chi connectivity index (χ2n) is 10.1. The lowest BCUT2D eigenvalue weighted by Crippen LogP contribution is -2.34. The maximum Gasteiger partial charge on any atom is 0.136 e. The van der Waals surface area contributed by atoms with E-state index in [4.69, 9.17) is 10.1 Å². The van der Waals surface area contributed by atoms with Crippen molar-refractivity contribution in [1.82, 2.24) is 48.6 Å². The number of aromatic nitrogens is 9. The molecule has 7 rings (SSSR count). The molecule has 1 fully saturated rings. The van der Waals surface area contributed by atoms with Crippen molar-refractivity contribution in [2.75, 3.05) is 19.6 Å². The van der Waals surface area contributed by atoms with Crippen molar-refractivity contribution in [3.05, 3.63) is 73.5 Å². The summed E-state index contributed by atoms with van der Waals surface area (Å²) >= 11 is 0. The van der Waals surface area contributed by atoms with Gasteiger partial charge in [0.15, 0.2) is 0 Å². The van der Waals surface area contributed by atoms with Crippen LogP contribution >= 0.6 is 0 Å². The number of imidazole rings is 1. The zero-order chi connectivity index (χ0) is 25.6. The Balaban J connectivity index is 1.17. The number of nitrogens with zero attached hydrogens (tertiary/aromatic N) is 10. The molecule has 0 spiro atoms. The van der Waals surface area contributed by atoms with E-state index in [1.807, 2.05) is 59.7 Å². The standard InChI is InChI=1S/C28H30N10/c1-3-35-8-6-24(7-9-35)37-18-23(13-32-37)21-10-27-26(29-11-21)15-33-38(27)19-25-14-30-28-5-4-20(17-36(25)28)22-12-31-34(2)16-22/h4-5,10-18,24H,3,6-9,19H2,1-2H3. The van der Waals surface area contributed by atoms with E-state index in [0.29, 0.717) is 12.6 Å². The number of fused-ring (bicyclic) bond motifs is 2. The second kappa shape index (κ2) is 9.21. The van der Waals surface area contributed by atoms with Crippen LogP contribution in [0.5, 0.6) is 0 Å². The summed E-state index contributed by atoms with van der Waals surface area (Å²) in [6.45, 7) is 6.21. The molecule has 10 nitrogen and oxygen atoms in total. The van der Waals surface area contributed by atoms with Crippen LogP contribution in [0.2, 0.25) is 0 Å². The Morgan fingerprint density at radius 3 is 2.47 bits per heavy atom. The second-order valence-corrected chi connectivity index (χ2v) is 10.1. The lowest BCUT2D eigenvalue weighted by Gasteiger charge is -2.31. The summed E-state index contributed by atoms with van der Waals surface area (Å²) in [4.78, 5) is 11.8. The average Bonchev–Trinajstić information content (AvgIpc) is 3.76. The van der Waals surface area contributed by atoms with Gasteiger partial charge in [-0.2, -0.15) is 15.3 Å². The number of piperidine rings is 1. The molecule has 1 aliphatic heterocycles. The van der Waals surface area contributed by atoms with Crippen molar-refractivity contribution in [3.63, 3.8) is 0 Å². The van der Waals surface area contributed by atoms with E-state index in [2.05, 4.69) is 60.6 Å². The van der Waals surface area contributed by atoms with Gasteiger partial charge in [0, 0.05) is 67.2 Å². The Kier molecular flexibility index (Phi) is 5.54. The van der Waals surface area contributed by atoms with E-state index in [-0.39, 0.29) is 0 Å². The molecule has 38 heavy (non-hydrogen) atoms. The summed E-state index contributed by atoms with van der Waals surface area (Å²) in [5.74, 6) is 0. The minimum Gasteiger partial charge on any atom is -0.303 e. The lowest BCUT2D eigenvalue weighted by molar-refractivity contribution is 0.187. The number of rotatable bonds is 6. The predicted octanol–water partition coefficient (Wildman–Crippen LogP) is 4.05. The molecule has 0 aliphatic carbocycles. The smallest absolute Gasteiger partial charge is 0.136 e. The summed E-state index contributed by atoms with van der Waals surface area (Å²) < 4.78 is 8.08. The Morgan fingerprint density at radius 1 is 0.816 bits per heavy atom. The molecule has 0 bridgehead atoms. The van der Waals surface area contributed by atoms with Gasteiger partial charge in [0.25, 0.3) is 0 Å². The molecule has 192 valence electrons. The monoisotopic (exact) mass is 506 g/mol. The molecule has 0 saturated carbocycles. The third-order valence-electron chi connectivity index (χ3n) is 7.74. The van der Waals surface area contributed by atoms with Gasteiger partial charge in [-0.25, -0.2) is 4.98 Å². The van der Waals surface area contributed by atoms with Gasteiger partial charge in [-0.05, 0) is 37.6 Å². The number of aryl methyl sites for hydroxylation is 1. The number of likely N-dealkylation sites (tertiary alicyclic amines) is 1. The Bertz CT molecular complexity index is 1730. The van der Waals surface area contributed by atoms with Crippen LogP contribution in [-0.2, 0) is 13.6 Å². The first-order valence-electron chi connectivity index (χ1n) is 13.2. The lowest BCUT2D eigenvalue weighted by atomic mass is 10.1. The van der Waals surface area contributed by atoms with E-state index in [0.717, 1.165) is 77.1 Å². The fourth-order valence-corrected chi connectivity index (χ4v) is 5.47. The van der Waals surface area contributed by atoms with E-state index in [9.17, 15) is 0 Å². The molecule has 0 N–H and O–H groups in total. The first-order valence-corrected chi connectivity index (χ1v) is 13.2. The van der Waals surface area contributed by atoms with Gasteiger partial charge >= 0.3 is 0 Å². The van der Waals surface area contributed by atoms with Gasteiger partial charge in [0.05, 0.1) is 48.6 Å². The molecule has 6 aromatic rings. The topological polar surface area (TPSA) is 86.9 Å². The fraction of sp³-hybridized carbons (Fsp3) is 0.321. The van der Waals surface area contributed by atoms with E-state index in [1.54, 1.807) is 0 Å². The molecule has 0 atom stereocenters. The summed E-state index contributed by atoms with van der Waals surface area (Å²) in [5.41, 5.74) is 8.12. The molecule has 7 heterocycles. The van der Waals surface area contributed by atoms with Crippen molar-refractivity contribution in [2.24, 2.45) is 7.05 Å². The predicted molar refractivity (Wildman–Crippen MR) is 146 cm³/mol. The van der Waals surface area contributed by atoms with Crippen LogP contribution in [0.15, 0.2) is 67.8 Å². The Labute approximate surface area is 220 Å². The molecule has 6 aromatic heterocycles. The summed E-state index contributed by atoms with van der Waals surface area (Å²) in [5, 5.41) is 13.7. The van der Waals surface area contributed by atoms with Crippen molar-refractivity contribution in [2.45, 2.75) is 32.4 Å². The zero-order valence-corrected chi connectivity index (χ0v) is 21.6. The Morgan fingerprint density at radius 2 is 1.66 bits per heavy atom. The summed E-state index contributed by atoms with van der Waals surface area (Å²) in [6, 6.07) is 6.74. The number of hydrogen-bond donors (Lipinski definition) is 0. The Hall–Kier alpha value is -4.31. The van der Waals surface area contributed by atoms with Gasteiger partial charge in [-0.1, -0.05) is 6.92 Å². The molecular weight excluding hydrogens is 476 g/mol. The van der Waals surface area contributed by atoms with Gasteiger partial charge in [0.1, 0.15) is 11.2 Å². The fourth-order valence-electron chi connectivity index (χ4n) is 5.47. The molecule has 0 radical (unpaired) electrons. The van der Waals surface area contributed by atoms with E-state index < -0.39 is 0 Å². The van der Waals surface area contributed by atoms with Crippen LogP contribution in [0.1, 0.15) is 31.5 Å². The molecular formula is C28H30N10. The van der Waals surface area contributed by atoms with Crippen molar-refractivity contribution in [3.8, 4) is 22.3 Å². The quantitative estimate of drug-likeness (QED) is 0.339. The molecule has 0 amide bonds. The molecule has 0 unspecified atom stereocenters. The number of pyridine rings is 2. The largest absolute Gasteiger partial charge is 0.303 e. The van der Waals surface area contributed by atoms with Crippen LogP contribution in [0.3, 0.4) is 0 Å². The van der Waals surface area contributed by atoms with Crippen LogP contribution < -0.4 is 0 Å². The summed E-state index contributed by atoms with van der Waals surface area (Å²) in [6.07, 6.45) is 18.1. The van der Waals surface area contributed by atoms with Crippen LogP contribution in [0.4, 0.5) is 0 Å². The van der Waals surface area contributed by atoms with Gasteiger partial charge in [-0.3, -0.25) is 19.0 Å². The molecule has 10 heteroatoms. The number of hydrogen-bond acceptors (Lipinski definition) is 6. The highest BCUT2D eigenvalue weighted by Crippen LogP contribution is 2.27. The van der Waals surface area contributed by atoms with Crippen molar-refractivity contribution in [1.29, 1.82) is 0 Å². The SMILES string of the molecule is CCN1CCC(n2cc(-c3cnc4cnn(Cc5cnc6ccc(-c7cnn(C)c7)cn56)c4c3)cn2)CC1. The molecule has 1 aliphatic rings. The average molecular weight is 507 g/mol. The highest BCUT2D eigenvalue weighted by atomic mass is 15.3. The highest BCUT2D eigenvalue weighted by Gasteiger charge is 2.20. The highest BCUT2D eigenvalue weighted by molar-refractivity contribution is 5.80. The first kappa shape index (κ1) is 22.9. The van der Waals surface area contributed by atoms with Gasteiger partial charge in [0.2, 0.25) is 0 Å². The van der Waals surface area contributed by atoms with Crippen molar-refractivity contribution < 1.29 is 0 Å². The molecule has 0 aromatic carbocycles. The van der Waals surface area contributed by atoms with Crippen molar-refractivity contribution >= 4 is 16.7 Å². The third kappa shape index (κ3) is 4.06. The minimum atomic E-state index is 0.459. The maximum absolute atomic E-state index is 4.72. The summed E-state index contributed by atoms with van der Waals surface area (Å²) in [7, 11) is 1.93. The van der Waals surface area contributed by atoms with Crippen LogP contribution in [0, 0.1) is 0 Å². The minimum absolute atomic E-state index is 0.459. The normalized spacial score (nSPS) is 15.2.